The summed E-state index contributed by atoms with van der Waals surface area (Å²) in [7, 11) is 0. The van der Waals surface area contributed by atoms with Crippen LogP contribution >= 0.6 is 0 Å². The van der Waals surface area contributed by atoms with Crippen molar-refractivity contribution >= 4 is 11.9 Å². The smallest absolute Gasteiger partial charge is 0.306 e. The van der Waals surface area contributed by atoms with Crippen molar-refractivity contribution < 1.29 is 24.2 Å². The van der Waals surface area contributed by atoms with E-state index in [0.717, 1.165) is 70.6 Å². The van der Waals surface area contributed by atoms with Crippen molar-refractivity contribution in [1.82, 2.24) is 0 Å². The zero-order valence-corrected chi connectivity index (χ0v) is 50.8. The quantitative estimate of drug-likeness (QED) is 0.0373. The molecule has 0 aliphatic rings. The average molecular weight is 1060 g/mol. The highest BCUT2D eigenvalue weighted by atomic mass is 16.6. The van der Waals surface area contributed by atoms with E-state index < -0.39 is 6.10 Å². The Bertz CT molecular complexity index is 1340. The fourth-order valence-electron chi connectivity index (χ4n) is 10.0. The number of carbonyl (C=O) groups is 2. The molecule has 0 aromatic rings. The molecule has 0 aliphatic heterocycles. The number of rotatable bonds is 62. The second-order valence-electron chi connectivity index (χ2n) is 22.5. The number of hydrogen-bond donors (Lipinski definition) is 1. The van der Waals surface area contributed by atoms with Gasteiger partial charge in [0.05, 0.1) is 6.61 Å². The van der Waals surface area contributed by atoms with Gasteiger partial charge in [-0.3, -0.25) is 9.59 Å². The van der Waals surface area contributed by atoms with Crippen LogP contribution in [0.5, 0.6) is 0 Å². The fourth-order valence-corrected chi connectivity index (χ4v) is 10.0. The van der Waals surface area contributed by atoms with Crippen LogP contribution in [-0.4, -0.2) is 36.4 Å². The summed E-state index contributed by atoms with van der Waals surface area (Å²) in [4.78, 5) is 24.6. The van der Waals surface area contributed by atoms with E-state index in [0.29, 0.717) is 12.8 Å². The fraction of sp³-hybridized carbons (Fsp3) is 0.803. The number of ether oxygens (including phenoxy) is 2. The average Bonchev–Trinajstić information content (AvgIpc) is 3.42. The minimum absolute atomic E-state index is 0.0621. The maximum Gasteiger partial charge on any atom is 0.306 e. The molecule has 0 rings (SSSR count). The summed E-state index contributed by atoms with van der Waals surface area (Å²) in [5, 5.41) is 9.69. The molecule has 0 aliphatic carbocycles. The Balaban J connectivity index is 3.43. The van der Waals surface area contributed by atoms with Gasteiger partial charge in [0.2, 0.25) is 0 Å². The first kappa shape index (κ1) is 73.3. The standard InChI is InChI=1S/C71H128O5/c1-3-5-7-9-11-13-15-17-19-21-23-25-27-29-31-32-33-34-35-36-37-38-40-42-44-46-48-50-52-54-56-58-60-62-64-66-71(74)76-69(67-72)68-75-70(73)65-63-61-59-57-55-53-51-49-47-45-43-41-39-30-28-26-24-22-20-18-16-14-12-10-8-6-4-2/h5,7,11,13,17,19,23,25,29,31,33-34,69,72H,3-4,6,8-10,12,14-16,18,20-22,24,26-28,30,32,35-68H2,1-2H3/b7-5-,13-11-,19-17-,25-23-,31-29-,34-33-. The summed E-state index contributed by atoms with van der Waals surface area (Å²) in [6.07, 6.45) is 92.1. The Hall–Kier alpha value is -2.66. The predicted octanol–water partition coefficient (Wildman–Crippen LogP) is 23.1. The van der Waals surface area contributed by atoms with Gasteiger partial charge in [-0.15, -0.1) is 0 Å². The topological polar surface area (TPSA) is 72.8 Å². The van der Waals surface area contributed by atoms with Crippen molar-refractivity contribution in [2.24, 2.45) is 0 Å². The zero-order valence-electron chi connectivity index (χ0n) is 50.8. The monoisotopic (exact) mass is 1060 g/mol. The lowest BCUT2D eigenvalue weighted by molar-refractivity contribution is -0.161. The van der Waals surface area contributed by atoms with E-state index in [1.165, 1.54) is 250 Å². The lowest BCUT2D eigenvalue weighted by Gasteiger charge is -2.15. The molecule has 0 fully saturated rings. The Morgan fingerprint density at radius 2 is 0.566 bits per heavy atom. The van der Waals surface area contributed by atoms with E-state index in [1.807, 2.05) is 0 Å². The summed E-state index contributed by atoms with van der Waals surface area (Å²) in [5.41, 5.74) is 0. The van der Waals surface area contributed by atoms with Crippen LogP contribution in [0, 0.1) is 0 Å². The van der Waals surface area contributed by atoms with Gasteiger partial charge >= 0.3 is 11.9 Å². The molecule has 76 heavy (non-hydrogen) atoms. The number of aliphatic hydroxyl groups is 1. The molecule has 0 amide bonds. The molecule has 0 saturated carbocycles. The van der Waals surface area contributed by atoms with Crippen LogP contribution in [0.1, 0.15) is 348 Å². The van der Waals surface area contributed by atoms with Crippen molar-refractivity contribution in [3.05, 3.63) is 72.9 Å². The Morgan fingerprint density at radius 1 is 0.316 bits per heavy atom. The van der Waals surface area contributed by atoms with Crippen LogP contribution in [0.2, 0.25) is 0 Å². The minimum atomic E-state index is -0.773. The highest BCUT2D eigenvalue weighted by Gasteiger charge is 2.16. The molecule has 0 aromatic carbocycles. The molecule has 1 unspecified atom stereocenters. The molecule has 1 N–H and O–H groups in total. The third-order valence-corrected chi connectivity index (χ3v) is 15.0. The highest BCUT2D eigenvalue weighted by Crippen LogP contribution is 2.18. The van der Waals surface area contributed by atoms with Gasteiger partial charge in [-0.2, -0.15) is 0 Å². The zero-order chi connectivity index (χ0) is 54.8. The molecule has 0 saturated heterocycles. The van der Waals surface area contributed by atoms with E-state index in [9.17, 15) is 14.7 Å². The molecule has 5 heteroatoms. The first-order chi connectivity index (χ1) is 37.6. The normalized spacial score (nSPS) is 12.6. The molecule has 1 atom stereocenters. The van der Waals surface area contributed by atoms with Crippen molar-refractivity contribution in [1.29, 1.82) is 0 Å². The number of unbranched alkanes of at least 4 members (excludes halogenated alkanes) is 42. The van der Waals surface area contributed by atoms with Crippen molar-refractivity contribution in [2.75, 3.05) is 13.2 Å². The maximum absolute atomic E-state index is 12.4. The Labute approximate surface area is 473 Å². The number of carbonyl (C=O) groups excluding carboxylic acids is 2. The van der Waals surface area contributed by atoms with Gasteiger partial charge in [0.15, 0.2) is 6.10 Å². The molecule has 442 valence electrons. The minimum Gasteiger partial charge on any atom is -0.462 e. The first-order valence-electron chi connectivity index (χ1n) is 33.5. The SMILES string of the molecule is CC/C=C\C/C=C\C/C=C\C/C=C\C/C=C\C/C=C\CCCCCCCCCCCCCCCCCCC(=O)OC(CO)COC(=O)CCCCCCCCCCCCCCCCCCCCCCCCCCCCC. The second-order valence-corrected chi connectivity index (χ2v) is 22.5. The van der Waals surface area contributed by atoms with E-state index in [4.69, 9.17) is 9.47 Å². The third-order valence-electron chi connectivity index (χ3n) is 15.0. The third kappa shape index (κ3) is 63.9. The number of allylic oxidation sites excluding steroid dienone is 12. The molecule has 0 bridgehead atoms. The molecule has 0 spiro atoms. The number of esters is 2. The van der Waals surface area contributed by atoms with Crippen molar-refractivity contribution in [2.45, 2.75) is 354 Å². The molecule has 0 aromatic heterocycles. The van der Waals surface area contributed by atoms with Crippen LogP contribution in [0.15, 0.2) is 72.9 Å². The van der Waals surface area contributed by atoms with Crippen LogP contribution in [0.4, 0.5) is 0 Å². The molecular weight excluding hydrogens is 933 g/mol. The van der Waals surface area contributed by atoms with E-state index in [2.05, 4.69) is 86.8 Å². The van der Waals surface area contributed by atoms with Gasteiger partial charge in [-0.1, -0.05) is 344 Å². The van der Waals surface area contributed by atoms with Gasteiger partial charge in [0.1, 0.15) is 6.61 Å². The maximum atomic E-state index is 12.4. The van der Waals surface area contributed by atoms with Crippen LogP contribution in [0.3, 0.4) is 0 Å². The van der Waals surface area contributed by atoms with Crippen molar-refractivity contribution in [3.63, 3.8) is 0 Å². The Morgan fingerprint density at radius 3 is 0.855 bits per heavy atom. The lowest BCUT2D eigenvalue weighted by atomic mass is 10.0. The predicted molar refractivity (Wildman–Crippen MR) is 334 cm³/mol. The largest absolute Gasteiger partial charge is 0.462 e. The van der Waals surface area contributed by atoms with Crippen molar-refractivity contribution in [3.8, 4) is 0 Å². The summed E-state index contributed by atoms with van der Waals surface area (Å²) in [5.74, 6) is -0.572. The van der Waals surface area contributed by atoms with E-state index in [-0.39, 0.29) is 25.2 Å². The van der Waals surface area contributed by atoms with Gasteiger partial charge in [-0.25, -0.2) is 0 Å². The molecule has 0 heterocycles. The summed E-state index contributed by atoms with van der Waals surface area (Å²) < 4.78 is 10.8. The number of aliphatic hydroxyl groups excluding tert-OH is 1. The highest BCUT2D eigenvalue weighted by molar-refractivity contribution is 5.70. The summed E-state index contributed by atoms with van der Waals surface area (Å²) >= 11 is 0. The van der Waals surface area contributed by atoms with Crippen LogP contribution < -0.4 is 0 Å². The van der Waals surface area contributed by atoms with Crippen LogP contribution in [-0.2, 0) is 19.1 Å². The summed E-state index contributed by atoms with van der Waals surface area (Å²) in [6.45, 7) is 4.08. The van der Waals surface area contributed by atoms with Crippen LogP contribution in [0.25, 0.3) is 0 Å². The molecule has 0 radical (unpaired) electrons. The van der Waals surface area contributed by atoms with E-state index in [1.54, 1.807) is 0 Å². The molecular formula is C71H128O5. The van der Waals surface area contributed by atoms with Gasteiger partial charge in [0, 0.05) is 12.8 Å². The Kier molecular flexibility index (Phi) is 64.3. The number of hydrogen-bond acceptors (Lipinski definition) is 5. The first-order valence-corrected chi connectivity index (χ1v) is 33.5. The molecule has 5 nitrogen and oxygen atoms in total. The summed E-state index contributed by atoms with van der Waals surface area (Å²) in [6, 6.07) is 0. The van der Waals surface area contributed by atoms with E-state index >= 15 is 0 Å². The second kappa shape index (κ2) is 66.6. The lowest BCUT2D eigenvalue weighted by Crippen LogP contribution is -2.28. The van der Waals surface area contributed by atoms with Gasteiger partial charge < -0.3 is 14.6 Å². The van der Waals surface area contributed by atoms with Gasteiger partial charge in [-0.05, 0) is 64.2 Å². The van der Waals surface area contributed by atoms with Gasteiger partial charge in [0.25, 0.3) is 0 Å².